The molecule has 1 heterocycles. The number of benzene rings is 2. The first-order valence-electron chi connectivity index (χ1n) is 12.0. The molecule has 35 heavy (non-hydrogen) atoms. The second kappa shape index (κ2) is 10.7. The van der Waals surface area contributed by atoms with Gasteiger partial charge in [-0.25, -0.2) is 4.39 Å². The summed E-state index contributed by atoms with van der Waals surface area (Å²) in [4.78, 5) is 12.6. The first-order valence-corrected chi connectivity index (χ1v) is 13.7. The number of ether oxygens (including phenoxy) is 1. The highest BCUT2D eigenvalue weighted by molar-refractivity contribution is 9.10. The van der Waals surface area contributed by atoms with Gasteiger partial charge in [-0.15, -0.1) is 10.2 Å². The lowest BCUT2D eigenvalue weighted by Crippen LogP contribution is -2.25. The number of amides is 1. The minimum absolute atomic E-state index is 0.108. The van der Waals surface area contributed by atoms with Crippen LogP contribution in [0.1, 0.15) is 44.5 Å². The molecular weight excluding hydrogens is 531 g/mol. The smallest absolute Gasteiger partial charge is 0.234 e. The molecule has 2 fully saturated rings. The van der Waals surface area contributed by atoms with Gasteiger partial charge in [0.05, 0.1) is 5.75 Å². The van der Waals surface area contributed by atoms with E-state index >= 15 is 0 Å². The maximum absolute atomic E-state index is 14.1. The number of thioether (sulfide) groups is 1. The average Bonchev–Trinajstić information content (AvgIpc) is 3.59. The molecule has 2 saturated carbocycles. The minimum atomic E-state index is -0.404. The Labute approximate surface area is 217 Å². The highest BCUT2D eigenvalue weighted by Crippen LogP contribution is 2.52. The number of hydrogen-bond acceptors (Lipinski definition) is 5. The predicted molar refractivity (Wildman–Crippen MR) is 138 cm³/mol. The van der Waals surface area contributed by atoms with Crippen molar-refractivity contribution in [3.05, 3.63) is 64.6 Å². The highest BCUT2D eigenvalue weighted by Gasteiger charge is 2.43. The Bertz CT molecular complexity index is 1190. The van der Waals surface area contributed by atoms with E-state index < -0.39 is 5.82 Å². The molecule has 184 valence electrons. The number of para-hydroxylation sites is 1. The summed E-state index contributed by atoms with van der Waals surface area (Å²) in [5.41, 5.74) is 0.745. The van der Waals surface area contributed by atoms with E-state index in [2.05, 4.69) is 42.9 Å². The SMILES string of the molecule is C[C@H]([C@@H]1C[C@@H]2CC[C@H]1C2)n1c(COc2ccccc2F)nnc1SCC(=O)Nc1ccc(Br)cc1. The zero-order chi connectivity index (χ0) is 24.4. The van der Waals surface area contributed by atoms with Gasteiger partial charge in [0.25, 0.3) is 0 Å². The highest BCUT2D eigenvalue weighted by atomic mass is 79.9. The summed E-state index contributed by atoms with van der Waals surface area (Å²) in [5.74, 6) is 2.63. The Morgan fingerprint density at radius 2 is 2.00 bits per heavy atom. The number of halogens is 2. The standard InChI is InChI=1S/C26H28BrFN4O2S/c1-16(21-13-17-6-7-18(21)12-17)32-24(14-34-23-5-3-2-4-22(23)28)30-31-26(32)35-15-25(33)29-20-10-8-19(27)9-11-20/h2-5,8-11,16-18,21H,6-7,12-15H2,1H3,(H,29,33)/t16-,17-,18+,21+/m1/s1. The Balaban J connectivity index is 1.31. The van der Waals surface area contributed by atoms with Crippen LogP contribution in [0.15, 0.2) is 58.2 Å². The van der Waals surface area contributed by atoms with Crippen LogP contribution in [0.25, 0.3) is 0 Å². The van der Waals surface area contributed by atoms with E-state index in [-0.39, 0.29) is 30.1 Å². The fraction of sp³-hybridized carbons (Fsp3) is 0.423. The molecule has 1 aromatic heterocycles. The molecule has 2 bridgehead atoms. The fourth-order valence-corrected chi connectivity index (χ4v) is 6.66. The van der Waals surface area contributed by atoms with Gasteiger partial charge in [0.1, 0.15) is 6.61 Å². The largest absolute Gasteiger partial charge is 0.483 e. The van der Waals surface area contributed by atoms with Crippen LogP contribution in [-0.2, 0) is 11.4 Å². The number of hydrogen-bond donors (Lipinski definition) is 1. The third kappa shape index (κ3) is 5.56. The summed E-state index contributed by atoms with van der Waals surface area (Å²) >= 11 is 4.77. The van der Waals surface area contributed by atoms with Crippen molar-refractivity contribution in [2.45, 2.75) is 50.4 Å². The summed E-state index contributed by atoms with van der Waals surface area (Å²) in [6.07, 6.45) is 5.13. The van der Waals surface area contributed by atoms with Crippen molar-refractivity contribution in [1.82, 2.24) is 14.8 Å². The number of carbonyl (C=O) groups is 1. The predicted octanol–water partition coefficient (Wildman–Crippen LogP) is 6.49. The molecule has 0 radical (unpaired) electrons. The summed E-state index contributed by atoms with van der Waals surface area (Å²) in [6.45, 7) is 2.33. The van der Waals surface area contributed by atoms with Gasteiger partial charge >= 0.3 is 0 Å². The minimum Gasteiger partial charge on any atom is -0.483 e. The Morgan fingerprint density at radius 1 is 1.20 bits per heavy atom. The summed E-state index contributed by atoms with van der Waals surface area (Å²) < 4.78 is 22.9. The Kier molecular flexibility index (Phi) is 7.43. The van der Waals surface area contributed by atoms with E-state index in [1.54, 1.807) is 18.2 Å². The zero-order valence-corrected chi connectivity index (χ0v) is 21.9. The second-order valence-corrected chi connectivity index (χ2v) is 11.3. The second-order valence-electron chi connectivity index (χ2n) is 9.41. The number of nitrogens with one attached hydrogen (secondary N) is 1. The van der Waals surface area contributed by atoms with E-state index in [9.17, 15) is 9.18 Å². The van der Waals surface area contributed by atoms with Crippen LogP contribution in [0.5, 0.6) is 5.75 Å². The van der Waals surface area contributed by atoms with Crippen LogP contribution >= 0.6 is 27.7 Å². The Morgan fingerprint density at radius 3 is 2.71 bits per heavy atom. The lowest BCUT2D eigenvalue weighted by atomic mass is 9.84. The fourth-order valence-electron chi connectivity index (χ4n) is 5.55. The van der Waals surface area contributed by atoms with E-state index in [4.69, 9.17) is 4.74 Å². The van der Waals surface area contributed by atoms with E-state index in [0.29, 0.717) is 16.9 Å². The lowest BCUT2D eigenvalue weighted by Gasteiger charge is -2.30. The van der Waals surface area contributed by atoms with E-state index in [1.807, 2.05) is 24.3 Å². The molecule has 2 aromatic carbocycles. The third-order valence-electron chi connectivity index (χ3n) is 7.21. The number of aromatic nitrogens is 3. The van der Waals surface area contributed by atoms with Gasteiger partial charge in [-0.05, 0) is 80.3 Å². The van der Waals surface area contributed by atoms with Gasteiger partial charge < -0.3 is 10.1 Å². The van der Waals surface area contributed by atoms with Gasteiger partial charge in [-0.2, -0.15) is 0 Å². The molecule has 3 aromatic rings. The summed E-state index contributed by atoms with van der Waals surface area (Å²) in [5, 5.41) is 12.4. The lowest BCUT2D eigenvalue weighted by molar-refractivity contribution is -0.113. The van der Waals surface area contributed by atoms with Crippen LogP contribution < -0.4 is 10.1 Å². The van der Waals surface area contributed by atoms with Crippen LogP contribution in [0, 0.1) is 23.6 Å². The van der Waals surface area contributed by atoms with Gasteiger partial charge in [0.15, 0.2) is 22.5 Å². The van der Waals surface area contributed by atoms with Crippen molar-refractivity contribution in [3.63, 3.8) is 0 Å². The zero-order valence-electron chi connectivity index (χ0n) is 19.5. The topological polar surface area (TPSA) is 69.0 Å². The average molecular weight is 560 g/mol. The van der Waals surface area contributed by atoms with Gasteiger partial charge in [-0.1, -0.05) is 46.2 Å². The van der Waals surface area contributed by atoms with Crippen molar-refractivity contribution < 1.29 is 13.9 Å². The molecular formula is C26H28BrFN4O2S. The van der Waals surface area contributed by atoms with Crippen LogP contribution in [0.2, 0.25) is 0 Å². The molecule has 4 atom stereocenters. The van der Waals surface area contributed by atoms with E-state index in [0.717, 1.165) is 22.0 Å². The molecule has 0 saturated heterocycles. The molecule has 6 nitrogen and oxygen atoms in total. The van der Waals surface area contributed by atoms with Crippen molar-refractivity contribution in [2.75, 3.05) is 11.1 Å². The Hall–Kier alpha value is -2.39. The van der Waals surface area contributed by atoms with Gasteiger partial charge in [0, 0.05) is 16.2 Å². The van der Waals surface area contributed by atoms with Gasteiger partial charge in [0.2, 0.25) is 5.91 Å². The van der Waals surface area contributed by atoms with E-state index in [1.165, 1.54) is 43.5 Å². The van der Waals surface area contributed by atoms with Crippen LogP contribution in [0.3, 0.4) is 0 Å². The normalized spacial score (nSPS) is 21.7. The maximum atomic E-state index is 14.1. The van der Waals surface area contributed by atoms with Crippen molar-refractivity contribution >= 4 is 39.3 Å². The third-order valence-corrected chi connectivity index (χ3v) is 8.68. The number of fused-ring (bicyclic) bond motifs is 2. The molecule has 0 spiro atoms. The molecule has 0 unspecified atom stereocenters. The van der Waals surface area contributed by atoms with Crippen molar-refractivity contribution in [3.8, 4) is 5.75 Å². The monoisotopic (exact) mass is 558 g/mol. The van der Waals surface area contributed by atoms with Crippen molar-refractivity contribution in [1.29, 1.82) is 0 Å². The summed E-state index contributed by atoms with van der Waals surface area (Å²) in [7, 11) is 0. The number of anilines is 1. The summed E-state index contributed by atoms with van der Waals surface area (Å²) in [6, 6.07) is 14.0. The maximum Gasteiger partial charge on any atom is 0.234 e. The molecule has 9 heteroatoms. The van der Waals surface area contributed by atoms with Gasteiger partial charge in [-0.3, -0.25) is 9.36 Å². The van der Waals surface area contributed by atoms with Crippen molar-refractivity contribution in [2.24, 2.45) is 17.8 Å². The number of rotatable bonds is 9. The first kappa shape index (κ1) is 24.3. The molecule has 1 amide bonds. The van der Waals surface area contributed by atoms with Crippen LogP contribution in [-0.4, -0.2) is 26.4 Å². The molecule has 0 aliphatic heterocycles. The molecule has 2 aliphatic rings. The first-order chi connectivity index (χ1) is 17.0. The quantitative estimate of drug-likeness (QED) is 0.304. The molecule has 1 N–H and O–H groups in total. The van der Waals surface area contributed by atoms with Crippen LogP contribution in [0.4, 0.5) is 10.1 Å². The molecule has 5 rings (SSSR count). The number of nitrogens with zero attached hydrogens (tertiary/aromatic N) is 3. The molecule has 2 aliphatic carbocycles. The number of carbonyl (C=O) groups excluding carboxylic acids is 1.